The van der Waals surface area contributed by atoms with Gasteiger partial charge in [0.2, 0.25) is 0 Å². The summed E-state index contributed by atoms with van der Waals surface area (Å²) in [6.07, 6.45) is 0. The molecule has 0 radical (unpaired) electrons. The molecule has 0 unspecified atom stereocenters. The smallest absolute Gasteiger partial charge is 0.379 e. The number of esters is 1. The van der Waals surface area contributed by atoms with E-state index in [0.29, 0.717) is 11.3 Å². The second-order valence-electron chi connectivity index (χ2n) is 4.62. The lowest BCUT2D eigenvalue weighted by Gasteiger charge is -2.13. The van der Waals surface area contributed by atoms with Crippen molar-refractivity contribution in [2.24, 2.45) is 0 Å². The van der Waals surface area contributed by atoms with Gasteiger partial charge in [-0.1, -0.05) is 48.5 Å². The summed E-state index contributed by atoms with van der Waals surface area (Å²) >= 11 is 0. The molecule has 1 heterocycles. The highest BCUT2D eigenvalue weighted by molar-refractivity contribution is 6.44. The number of benzene rings is 2. The zero-order chi connectivity index (χ0) is 14.7. The van der Waals surface area contributed by atoms with Crippen molar-refractivity contribution in [3.05, 3.63) is 71.8 Å². The van der Waals surface area contributed by atoms with Crippen LogP contribution in [0.1, 0.15) is 5.56 Å². The van der Waals surface area contributed by atoms with Gasteiger partial charge in [-0.3, -0.25) is 4.79 Å². The first-order valence-corrected chi connectivity index (χ1v) is 6.58. The lowest BCUT2D eigenvalue weighted by atomic mass is 10.0. The Hall–Kier alpha value is -2.88. The maximum Gasteiger partial charge on any atom is 0.379 e. The molecular weight excluding hydrogens is 266 g/mol. The normalized spacial score (nSPS) is 16.6. The third kappa shape index (κ3) is 2.69. The van der Waals surface area contributed by atoms with Crippen LogP contribution in [-0.2, 0) is 14.3 Å². The molecule has 2 aromatic rings. The number of carbonyl (C=O) groups is 2. The van der Waals surface area contributed by atoms with Gasteiger partial charge in [0.15, 0.2) is 0 Å². The van der Waals surface area contributed by atoms with Gasteiger partial charge in [-0.05, 0) is 17.7 Å². The number of carbonyl (C=O) groups excluding carboxylic acids is 2. The predicted molar refractivity (Wildman–Crippen MR) is 79.4 cm³/mol. The highest BCUT2D eigenvalue weighted by Crippen LogP contribution is 2.25. The minimum absolute atomic E-state index is 0.00171. The zero-order valence-electron chi connectivity index (χ0n) is 11.2. The fourth-order valence-corrected chi connectivity index (χ4v) is 2.17. The molecule has 1 N–H and O–H groups in total. The van der Waals surface area contributed by atoms with Gasteiger partial charge in [0.05, 0.1) is 11.3 Å². The third-order valence-electron chi connectivity index (χ3n) is 3.21. The Bertz CT molecular complexity index is 705. The fraction of sp³-hybridized carbons (Fsp3) is 0.0588. The summed E-state index contributed by atoms with van der Waals surface area (Å²) in [7, 11) is 0. The first-order chi connectivity index (χ1) is 10.3. The van der Waals surface area contributed by atoms with Gasteiger partial charge in [-0.2, -0.15) is 0 Å². The molecule has 0 aromatic heterocycles. The van der Waals surface area contributed by atoms with Gasteiger partial charge < -0.3 is 10.1 Å². The number of para-hydroxylation sites is 1. The molecule has 104 valence electrons. The van der Waals surface area contributed by atoms with E-state index >= 15 is 0 Å². The Kier molecular flexibility index (Phi) is 3.51. The number of hydrogen-bond donors (Lipinski definition) is 1. The molecular formula is C17H13NO3. The molecule has 1 aliphatic heterocycles. The number of anilines is 1. The van der Waals surface area contributed by atoms with Crippen molar-refractivity contribution in [3.8, 4) is 0 Å². The minimum Gasteiger partial charge on any atom is -0.455 e. The average Bonchev–Trinajstić information content (AvgIpc) is 2.87. The van der Waals surface area contributed by atoms with E-state index in [1.54, 1.807) is 0 Å². The Morgan fingerprint density at radius 3 is 2.10 bits per heavy atom. The maximum atomic E-state index is 11.9. The first kappa shape index (κ1) is 13.1. The largest absolute Gasteiger partial charge is 0.455 e. The standard InChI is InChI=1S/C17H13NO3/c19-16-14(11-21-17(16)20)15(12-7-3-1-4-8-12)18-13-9-5-2-6-10-13/h1-10,18H,11H2/b15-14-. The van der Waals surface area contributed by atoms with Crippen molar-refractivity contribution >= 4 is 23.1 Å². The molecule has 2 aromatic carbocycles. The number of ether oxygens (including phenoxy) is 1. The van der Waals surface area contributed by atoms with E-state index in [0.717, 1.165) is 11.3 Å². The van der Waals surface area contributed by atoms with E-state index in [1.807, 2.05) is 60.7 Å². The van der Waals surface area contributed by atoms with Crippen LogP contribution in [-0.4, -0.2) is 18.4 Å². The Labute approximate surface area is 122 Å². The van der Waals surface area contributed by atoms with E-state index < -0.39 is 11.8 Å². The van der Waals surface area contributed by atoms with E-state index in [4.69, 9.17) is 4.74 Å². The van der Waals surface area contributed by atoms with Crippen molar-refractivity contribution in [1.29, 1.82) is 0 Å². The van der Waals surface area contributed by atoms with Gasteiger partial charge in [0, 0.05) is 5.69 Å². The summed E-state index contributed by atoms with van der Waals surface area (Å²) in [4.78, 5) is 23.3. The number of nitrogens with one attached hydrogen (secondary N) is 1. The topological polar surface area (TPSA) is 55.4 Å². The Morgan fingerprint density at radius 2 is 1.52 bits per heavy atom. The number of hydrogen-bond acceptors (Lipinski definition) is 4. The second-order valence-corrected chi connectivity index (χ2v) is 4.62. The average molecular weight is 279 g/mol. The minimum atomic E-state index is -0.798. The third-order valence-corrected chi connectivity index (χ3v) is 3.21. The summed E-state index contributed by atoms with van der Waals surface area (Å²) in [5.41, 5.74) is 2.65. The Morgan fingerprint density at radius 1 is 0.905 bits per heavy atom. The number of rotatable bonds is 3. The summed E-state index contributed by atoms with van der Waals surface area (Å²) in [5.74, 6) is -1.38. The van der Waals surface area contributed by atoms with Crippen molar-refractivity contribution in [2.45, 2.75) is 0 Å². The molecule has 0 atom stereocenters. The summed E-state index contributed by atoms with van der Waals surface area (Å²) in [6.45, 7) is 0.00171. The first-order valence-electron chi connectivity index (χ1n) is 6.58. The Balaban J connectivity index is 2.06. The molecule has 0 bridgehead atoms. The fourth-order valence-electron chi connectivity index (χ4n) is 2.17. The number of ketones is 1. The van der Waals surface area contributed by atoms with Crippen LogP contribution in [0.15, 0.2) is 66.2 Å². The van der Waals surface area contributed by atoms with Crippen molar-refractivity contribution < 1.29 is 14.3 Å². The molecule has 4 nitrogen and oxygen atoms in total. The van der Waals surface area contributed by atoms with Gasteiger partial charge in [-0.15, -0.1) is 0 Å². The quantitative estimate of drug-likeness (QED) is 0.533. The van der Waals surface area contributed by atoms with E-state index in [9.17, 15) is 9.59 Å². The van der Waals surface area contributed by atoms with Crippen LogP contribution in [0.3, 0.4) is 0 Å². The van der Waals surface area contributed by atoms with Gasteiger partial charge in [0.25, 0.3) is 5.78 Å². The van der Waals surface area contributed by atoms with E-state index in [2.05, 4.69) is 5.32 Å². The number of cyclic esters (lactones) is 1. The zero-order valence-corrected chi connectivity index (χ0v) is 11.2. The van der Waals surface area contributed by atoms with Crippen molar-refractivity contribution in [2.75, 3.05) is 11.9 Å². The van der Waals surface area contributed by atoms with Gasteiger partial charge in [-0.25, -0.2) is 4.79 Å². The molecule has 0 saturated carbocycles. The summed E-state index contributed by atoms with van der Waals surface area (Å²) in [6, 6.07) is 18.9. The van der Waals surface area contributed by atoms with Crippen LogP contribution in [0.2, 0.25) is 0 Å². The molecule has 0 spiro atoms. The summed E-state index contributed by atoms with van der Waals surface area (Å²) < 4.78 is 4.83. The molecule has 0 aliphatic carbocycles. The number of Topliss-reactive ketones (excluding diaryl/α,β-unsaturated/α-hetero) is 1. The van der Waals surface area contributed by atoms with Crippen LogP contribution >= 0.6 is 0 Å². The lowest BCUT2D eigenvalue weighted by molar-refractivity contribution is -0.146. The van der Waals surface area contributed by atoms with Gasteiger partial charge >= 0.3 is 5.97 Å². The SMILES string of the molecule is O=C1OC/C(=C(/Nc2ccccc2)c2ccccc2)C1=O. The van der Waals surface area contributed by atoms with Crippen LogP contribution < -0.4 is 5.32 Å². The molecule has 1 saturated heterocycles. The molecule has 3 rings (SSSR count). The highest BCUT2D eigenvalue weighted by Gasteiger charge is 2.32. The molecule has 0 amide bonds. The van der Waals surface area contributed by atoms with E-state index in [1.165, 1.54) is 0 Å². The molecule has 1 aliphatic rings. The highest BCUT2D eigenvalue weighted by atomic mass is 16.5. The molecule has 21 heavy (non-hydrogen) atoms. The maximum absolute atomic E-state index is 11.9. The van der Waals surface area contributed by atoms with Crippen LogP contribution in [0.25, 0.3) is 5.70 Å². The van der Waals surface area contributed by atoms with Crippen LogP contribution in [0.4, 0.5) is 5.69 Å². The van der Waals surface area contributed by atoms with E-state index in [-0.39, 0.29) is 6.61 Å². The lowest BCUT2D eigenvalue weighted by Crippen LogP contribution is -2.11. The van der Waals surface area contributed by atoms with Crippen LogP contribution in [0, 0.1) is 0 Å². The van der Waals surface area contributed by atoms with Crippen LogP contribution in [0.5, 0.6) is 0 Å². The van der Waals surface area contributed by atoms with Crippen molar-refractivity contribution in [3.63, 3.8) is 0 Å². The van der Waals surface area contributed by atoms with Gasteiger partial charge in [0.1, 0.15) is 6.61 Å². The monoisotopic (exact) mass is 279 g/mol. The summed E-state index contributed by atoms with van der Waals surface area (Å²) in [5, 5.41) is 3.21. The van der Waals surface area contributed by atoms with Crippen molar-refractivity contribution in [1.82, 2.24) is 0 Å². The molecule has 1 fully saturated rings. The second kappa shape index (κ2) is 5.63. The molecule has 4 heteroatoms. The predicted octanol–water partition coefficient (Wildman–Crippen LogP) is 2.64.